The number of benzene rings is 1. The van der Waals surface area contributed by atoms with Crippen molar-refractivity contribution in [2.75, 3.05) is 12.3 Å². The minimum atomic E-state index is 0.0421. The van der Waals surface area contributed by atoms with Gasteiger partial charge in [0, 0.05) is 17.8 Å². The Morgan fingerprint density at radius 2 is 2.24 bits per heavy atom. The lowest BCUT2D eigenvalue weighted by Gasteiger charge is -2.25. The van der Waals surface area contributed by atoms with Gasteiger partial charge < -0.3 is 10.6 Å². The summed E-state index contributed by atoms with van der Waals surface area (Å²) in [6, 6.07) is 7.77. The van der Waals surface area contributed by atoms with Crippen LogP contribution in [0.1, 0.15) is 24.4 Å². The van der Waals surface area contributed by atoms with Gasteiger partial charge in [0.15, 0.2) is 0 Å². The maximum absolute atomic E-state index is 12.5. The van der Waals surface area contributed by atoms with Crippen LogP contribution in [-0.2, 0) is 11.3 Å². The number of aromatic nitrogens is 2. The second kappa shape index (κ2) is 5.77. The standard InChI is InChI=1S/C15H17ClN4O/c16-13-5-2-1-4-12(13)14-6-3-7-20(14)15(21)10-19-9-11(17)8-18-19/h1-2,4-5,8-9,14H,3,6-7,10,17H2. The summed E-state index contributed by atoms with van der Waals surface area (Å²) in [7, 11) is 0. The highest BCUT2D eigenvalue weighted by atomic mass is 35.5. The molecule has 0 bridgehead atoms. The van der Waals surface area contributed by atoms with Gasteiger partial charge in [-0.2, -0.15) is 5.10 Å². The van der Waals surface area contributed by atoms with Gasteiger partial charge in [0.1, 0.15) is 6.54 Å². The number of carbonyl (C=O) groups is 1. The summed E-state index contributed by atoms with van der Waals surface area (Å²) in [6.45, 7) is 0.962. The van der Waals surface area contributed by atoms with E-state index in [0.717, 1.165) is 24.9 Å². The highest BCUT2D eigenvalue weighted by Gasteiger charge is 2.31. The maximum atomic E-state index is 12.5. The van der Waals surface area contributed by atoms with E-state index in [-0.39, 0.29) is 18.5 Å². The number of nitrogens with two attached hydrogens (primary N) is 1. The number of nitrogen functional groups attached to an aromatic ring is 1. The predicted molar refractivity (Wildman–Crippen MR) is 81.8 cm³/mol. The first-order chi connectivity index (χ1) is 10.1. The van der Waals surface area contributed by atoms with Crippen molar-refractivity contribution in [2.45, 2.75) is 25.4 Å². The lowest BCUT2D eigenvalue weighted by molar-refractivity contribution is -0.133. The monoisotopic (exact) mass is 304 g/mol. The predicted octanol–water partition coefficient (Wildman–Crippen LogP) is 2.48. The molecule has 2 heterocycles. The quantitative estimate of drug-likeness (QED) is 0.947. The van der Waals surface area contributed by atoms with E-state index in [4.69, 9.17) is 17.3 Å². The molecule has 5 nitrogen and oxygen atoms in total. The van der Waals surface area contributed by atoms with Crippen molar-refractivity contribution in [3.63, 3.8) is 0 Å². The average Bonchev–Trinajstić information content (AvgIpc) is 3.08. The number of halogens is 1. The Morgan fingerprint density at radius 1 is 1.43 bits per heavy atom. The smallest absolute Gasteiger partial charge is 0.244 e. The summed E-state index contributed by atoms with van der Waals surface area (Å²) >= 11 is 6.27. The number of nitrogens with zero attached hydrogens (tertiary/aromatic N) is 3. The van der Waals surface area contributed by atoms with Crippen LogP contribution in [0.4, 0.5) is 5.69 Å². The highest BCUT2D eigenvalue weighted by molar-refractivity contribution is 6.31. The van der Waals surface area contributed by atoms with Gasteiger partial charge in [-0.3, -0.25) is 9.48 Å². The molecule has 1 fully saturated rings. The van der Waals surface area contributed by atoms with Crippen LogP contribution >= 0.6 is 11.6 Å². The maximum Gasteiger partial charge on any atom is 0.244 e. The summed E-state index contributed by atoms with van der Waals surface area (Å²) in [4.78, 5) is 14.4. The molecule has 1 saturated heterocycles. The molecule has 1 unspecified atom stereocenters. The van der Waals surface area contributed by atoms with E-state index in [1.807, 2.05) is 29.2 Å². The van der Waals surface area contributed by atoms with Crippen LogP contribution in [0.2, 0.25) is 5.02 Å². The SMILES string of the molecule is Nc1cnn(CC(=O)N2CCCC2c2ccccc2Cl)c1. The van der Waals surface area contributed by atoms with Crippen LogP contribution in [0.3, 0.4) is 0 Å². The van der Waals surface area contributed by atoms with Gasteiger partial charge in [-0.1, -0.05) is 29.8 Å². The molecule has 2 N–H and O–H groups in total. The van der Waals surface area contributed by atoms with Crippen molar-refractivity contribution in [3.05, 3.63) is 47.2 Å². The zero-order valence-corrected chi connectivity index (χ0v) is 12.3. The van der Waals surface area contributed by atoms with Gasteiger partial charge in [0.2, 0.25) is 5.91 Å². The Kier molecular flexibility index (Phi) is 3.84. The van der Waals surface area contributed by atoms with E-state index in [2.05, 4.69) is 5.10 Å². The van der Waals surface area contributed by atoms with Crippen molar-refractivity contribution in [3.8, 4) is 0 Å². The highest BCUT2D eigenvalue weighted by Crippen LogP contribution is 2.35. The molecule has 0 radical (unpaired) electrons. The van der Waals surface area contributed by atoms with Crippen LogP contribution in [0.25, 0.3) is 0 Å². The zero-order valence-electron chi connectivity index (χ0n) is 11.6. The summed E-state index contributed by atoms with van der Waals surface area (Å²) in [5.74, 6) is 0.0421. The number of hydrogen-bond acceptors (Lipinski definition) is 3. The molecular formula is C15H17ClN4O. The van der Waals surface area contributed by atoms with E-state index < -0.39 is 0 Å². The van der Waals surface area contributed by atoms with Crippen LogP contribution in [0.15, 0.2) is 36.7 Å². The molecule has 110 valence electrons. The lowest BCUT2D eigenvalue weighted by Crippen LogP contribution is -2.33. The second-order valence-corrected chi connectivity index (χ2v) is 5.65. The molecule has 0 spiro atoms. The Labute approximate surface area is 128 Å². The van der Waals surface area contributed by atoms with Gasteiger partial charge in [-0.25, -0.2) is 0 Å². The Hall–Kier alpha value is -2.01. The third kappa shape index (κ3) is 2.88. The molecule has 2 aromatic rings. The van der Waals surface area contributed by atoms with E-state index in [1.165, 1.54) is 0 Å². The number of hydrogen-bond donors (Lipinski definition) is 1. The third-order valence-corrected chi connectivity index (χ3v) is 4.13. The van der Waals surface area contributed by atoms with Crippen LogP contribution in [0, 0.1) is 0 Å². The minimum Gasteiger partial charge on any atom is -0.396 e. The molecular weight excluding hydrogens is 288 g/mol. The average molecular weight is 305 g/mol. The normalized spacial score (nSPS) is 18.1. The van der Waals surface area contributed by atoms with E-state index >= 15 is 0 Å². The second-order valence-electron chi connectivity index (χ2n) is 5.24. The van der Waals surface area contributed by atoms with Crippen molar-refractivity contribution in [1.82, 2.24) is 14.7 Å². The molecule has 1 aromatic carbocycles. The minimum absolute atomic E-state index is 0.0421. The van der Waals surface area contributed by atoms with E-state index in [0.29, 0.717) is 10.7 Å². The molecule has 21 heavy (non-hydrogen) atoms. The molecule has 0 saturated carbocycles. The Morgan fingerprint density at radius 3 is 2.95 bits per heavy atom. The van der Waals surface area contributed by atoms with Gasteiger partial charge in [-0.15, -0.1) is 0 Å². The number of likely N-dealkylation sites (tertiary alicyclic amines) is 1. The summed E-state index contributed by atoms with van der Waals surface area (Å²) in [5.41, 5.74) is 7.20. The fourth-order valence-corrected chi connectivity index (χ4v) is 3.09. The number of amides is 1. The van der Waals surface area contributed by atoms with Crippen molar-refractivity contribution >= 4 is 23.2 Å². The number of carbonyl (C=O) groups excluding carboxylic acids is 1. The molecule has 3 rings (SSSR count). The molecule has 1 amide bonds. The largest absolute Gasteiger partial charge is 0.396 e. The van der Waals surface area contributed by atoms with Crippen molar-refractivity contribution < 1.29 is 4.79 Å². The molecule has 1 atom stereocenters. The van der Waals surface area contributed by atoms with Crippen LogP contribution in [-0.4, -0.2) is 27.1 Å². The van der Waals surface area contributed by atoms with Gasteiger partial charge >= 0.3 is 0 Å². The van der Waals surface area contributed by atoms with Crippen LogP contribution in [0.5, 0.6) is 0 Å². The van der Waals surface area contributed by atoms with Crippen molar-refractivity contribution in [1.29, 1.82) is 0 Å². The summed E-state index contributed by atoms with van der Waals surface area (Å²) < 4.78 is 1.57. The van der Waals surface area contributed by atoms with E-state index in [1.54, 1.807) is 17.1 Å². The van der Waals surface area contributed by atoms with Crippen molar-refractivity contribution in [2.24, 2.45) is 0 Å². The summed E-state index contributed by atoms with van der Waals surface area (Å²) in [5, 5.41) is 4.77. The fourth-order valence-electron chi connectivity index (χ4n) is 2.83. The molecule has 0 aliphatic carbocycles. The number of rotatable bonds is 3. The van der Waals surface area contributed by atoms with Gasteiger partial charge in [-0.05, 0) is 24.5 Å². The topological polar surface area (TPSA) is 64.1 Å². The van der Waals surface area contributed by atoms with Crippen LogP contribution < -0.4 is 5.73 Å². The first-order valence-corrected chi connectivity index (χ1v) is 7.35. The van der Waals surface area contributed by atoms with E-state index in [9.17, 15) is 4.79 Å². The first-order valence-electron chi connectivity index (χ1n) is 6.97. The molecule has 1 aromatic heterocycles. The third-order valence-electron chi connectivity index (χ3n) is 3.79. The lowest BCUT2D eigenvalue weighted by atomic mass is 10.0. The number of anilines is 1. The molecule has 6 heteroatoms. The zero-order chi connectivity index (χ0) is 14.8. The summed E-state index contributed by atoms with van der Waals surface area (Å²) in [6.07, 6.45) is 5.14. The van der Waals surface area contributed by atoms with Gasteiger partial charge in [0.25, 0.3) is 0 Å². The fraction of sp³-hybridized carbons (Fsp3) is 0.333. The van der Waals surface area contributed by atoms with Gasteiger partial charge in [0.05, 0.1) is 17.9 Å². The Balaban J connectivity index is 1.77. The molecule has 1 aliphatic heterocycles. The molecule has 1 aliphatic rings. The Bertz CT molecular complexity index is 655. The first kappa shape index (κ1) is 13.9.